The molecule has 0 aromatic rings. The van der Waals surface area contributed by atoms with E-state index in [4.69, 9.17) is 15.3 Å². The van der Waals surface area contributed by atoms with Crippen molar-refractivity contribution >= 4 is 0 Å². The Balaban J connectivity index is 3.99. The molecule has 13 heavy (non-hydrogen) atoms. The summed E-state index contributed by atoms with van der Waals surface area (Å²) in [6.45, 7) is -0.291. The molecule has 6 heteroatoms. The lowest BCUT2D eigenvalue weighted by atomic mass is 10.0. The van der Waals surface area contributed by atoms with Gasteiger partial charge in [-0.1, -0.05) is 0 Å². The lowest BCUT2D eigenvalue weighted by molar-refractivity contribution is -0.114. The third kappa shape index (κ3) is 3.99. The Morgan fingerprint density at radius 2 is 1.62 bits per heavy atom. The van der Waals surface area contributed by atoms with Crippen LogP contribution in [0.4, 0.5) is 0 Å². The van der Waals surface area contributed by atoms with Crippen molar-refractivity contribution in [2.24, 2.45) is 0 Å². The van der Waals surface area contributed by atoms with Crippen LogP contribution in [0, 0.1) is 0 Å². The molecule has 0 aromatic heterocycles. The third-order valence-electron chi connectivity index (χ3n) is 1.79. The normalized spacial score (nSPS) is 20.8. The van der Waals surface area contributed by atoms with Crippen molar-refractivity contribution in [3.63, 3.8) is 0 Å². The molecule has 0 radical (unpaired) electrons. The average Bonchev–Trinajstić information content (AvgIpc) is 2.14. The summed E-state index contributed by atoms with van der Waals surface area (Å²) in [7, 11) is 1.40. The average molecular weight is 195 g/mol. The highest BCUT2D eigenvalue weighted by molar-refractivity contribution is 4.78. The zero-order valence-electron chi connectivity index (χ0n) is 7.46. The standard InChI is InChI=1S/C7H17NO5/c1-8-7(13)6(12)5(11)4(10)2-3-9/h4-13H,2-3H2,1H3. The number of nitrogens with one attached hydrogen (secondary N) is 1. The predicted molar refractivity (Wildman–Crippen MR) is 44.8 cm³/mol. The maximum Gasteiger partial charge on any atom is 0.133 e. The van der Waals surface area contributed by atoms with Crippen molar-refractivity contribution in [2.45, 2.75) is 31.0 Å². The minimum atomic E-state index is -1.48. The SMILES string of the molecule is CNC(O)C(O)C(O)C(O)CCO. The Morgan fingerprint density at radius 3 is 2.00 bits per heavy atom. The fourth-order valence-electron chi connectivity index (χ4n) is 0.888. The first kappa shape index (κ1) is 12.8. The first-order chi connectivity index (χ1) is 6.04. The van der Waals surface area contributed by atoms with E-state index < -0.39 is 24.5 Å². The van der Waals surface area contributed by atoms with Crippen LogP contribution in [0.25, 0.3) is 0 Å². The van der Waals surface area contributed by atoms with Crippen molar-refractivity contribution in [3.8, 4) is 0 Å². The van der Waals surface area contributed by atoms with Gasteiger partial charge < -0.3 is 25.5 Å². The number of hydrogen-bond donors (Lipinski definition) is 6. The van der Waals surface area contributed by atoms with Crippen LogP contribution in [-0.4, -0.2) is 63.7 Å². The second-order valence-electron chi connectivity index (χ2n) is 2.79. The Bertz CT molecular complexity index is 134. The summed E-state index contributed by atoms with van der Waals surface area (Å²) >= 11 is 0. The zero-order chi connectivity index (χ0) is 10.4. The molecule has 6 nitrogen and oxygen atoms in total. The van der Waals surface area contributed by atoms with Gasteiger partial charge >= 0.3 is 0 Å². The lowest BCUT2D eigenvalue weighted by Crippen LogP contribution is -2.49. The van der Waals surface area contributed by atoms with Gasteiger partial charge in [-0.3, -0.25) is 5.32 Å². The summed E-state index contributed by atoms with van der Waals surface area (Å²) in [4.78, 5) is 0. The van der Waals surface area contributed by atoms with Crippen LogP contribution in [-0.2, 0) is 0 Å². The van der Waals surface area contributed by atoms with Crippen LogP contribution >= 0.6 is 0 Å². The highest BCUT2D eigenvalue weighted by Gasteiger charge is 2.28. The van der Waals surface area contributed by atoms with Crippen molar-refractivity contribution in [1.29, 1.82) is 0 Å². The molecule has 0 saturated heterocycles. The highest BCUT2D eigenvalue weighted by Crippen LogP contribution is 2.05. The molecule has 0 amide bonds. The lowest BCUT2D eigenvalue weighted by Gasteiger charge is -2.25. The van der Waals surface area contributed by atoms with E-state index in [-0.39, 0.29) is 13.0 Å². The maximum atomic E-state index is 9.21. The van der Waals surface area contributed by atoms with Crippen LogP contribution in [0.1, 0.15) is 6.42 Å². The molecule has 0 rings (SSSR count). The number of likely N-dealkylation sites (N-methyl/N-ethyl adjacent to an activating group) is 1. The maximum absolute atomic E-state index is 9.21. The number of rotatable bonds is 6. The van der Waals surface area contributed by atoms with E-state index >= 15 is 0 Å². The van der Waals surface area contributed by atoms with Crippen molar-refractivity contribution in [3.05, 3.63) is 0 Å². The van der Waals surface area contributed by atoms with Gasteiger partial charge in [0.1, 0.15) is 18.4 Å². The molecule has 0 spiro atoms. The molecule has 0 aliphatic heterocycles. The molecule has 0 heterocycles. The van der Waals surface area contributed by atoms with E-state index in [2.05, 4.69) is 5.32 Å². The Kier molecular flexibility index (Phi) is 6.13. The van der Waals surface area contributed by atoms with Crippen LogP contribution in [0.5, 0.6) is 0 Å². The molecule has 0 aliphatic carbocycles. The minimum absolute atomic E-state index is 0.0470. The Labute approximate surface area is 76.4 Å². The molecule has 0 bridgehead atoms. The van der Waals surface area contributed by atoms with Gasteiger partial charge in [0.05, 0.1) is 6.10 Å². The van der Waals surface area contributed by atoms with Gasteiger partial charge in [0.15, 0.2) is 0 Å². The zero-order valence-corrected chi connectivity index (χ0v) is 7.46. The summed E-state index contributed by atoms with van der Waals surface area (Å²) in [6, 6.07) is 0. The fraction of sp³-hybridized carbons (Fsp3) is 1.00. The van der Waals surface area contributed by atoms with E-state index in [0.29, 0.717) is 0 Å². The van der Waals surface area contributed by atoms with Gasteiger partial charge in [-0.05, 0) is 13.5 Å². The molecule has 0 aliphatic rings. The molecule has 4 atom stereocenters. The highest BCUT2D eigenvalue weighted by atomic mass is 16.4. The van der Waals surface area contributed by atoms with Crippen LogP contribution in [0.15, 0.2) is 0 Å². The topological polar surface area (TPSA) is 113 Å². The summed E-state index contributed by atoms with van der Waals surface area (Å²) in [6.07, 6.45) is -5.55. The molecule has 6 N–H and O–H groups in total. The van der Waals surface area contributed by atoms with Crippen LogP contribution in [0.3, 0.4) is 0 Å². The first-order valence-electron chi connectivity index (χ1n) is 4.05. The number of aliphatic hydroxyl groups excluding tert-OH is 5. The molecule has 4 unspecified atom stereocenters. The third-order valence-corrected chi connectivity index (χ3v) is 1.79. The van der Waals surface area contributed by atoms with Crippen molar-refractivity contribution in [2.75, 3.05) is 13.7 Å². The van der Waals surface area contributed by atoms with Gasteiger partial charge in [0, 0.05) is 6.61 Å². The number of hydrogen-bond acceptors (Lipinski definition) is 6. The summed E-state index contributed by atoms with van der Waals surface area (Å²) in [5.74, 6) is 0. The molecule has 80 valence electrons. The summed E-state index contributed by atoms with van der Waals surface area (Å²) in [5.41, 5.74) is 0. The van der Waals surface area contributed by atoms with E-state index in [1.165, 1.54) is 7.05 Å². The molecular weight excluding hydrogens is 178 g/mol. The second-order valence-corrected chi connectivity index (χ2v) is 2.79. The first-order valence-corrected chi connectivity index (χ1v) is 4.05. The Hall–Kier alpha value is -0.240. The Morgan fingerprint density at radius 1 is 1.08 bits per heavy atom. The quantitative estimate of drug-likeness (QED) is 0.252. The van der Waals surface area contributed by atoms with Gasteiger partial charge in [0.25, 0.3) is 0 Å². The van der Waals surface area contributed by atoms with Crippen LogP contribution < -0.4 is 5.32 Å². The molecular formula is C7H17NO5. The van der Waals surface area contributed by atoms with Gasteiger partial charge in [-0.25, -0.2) is 0 Å². The largest absolute Gasteiger partial charge is 0.396 e. The minimum Gasteiger partial charge on any atom is -0.396 e. The van der Waals surface area contributed by atoms with E-state index in [9.17, 15) is 10.2 Å². The monoisotopic (exact) mass is 195 g/mol. The summed E-state index contributed by atoms with van der Waals surface area (Å²) < 4.78 is 0. The van der Waals surface area contributed by atoms with E-state index in [0.717, 1.165) is 0 Å². The molecule has 0 saturated carbocycles. The number of aliphatic hydroxyl groups is 5. The fourth-order valence-corrected chi connectivity index (χ4v) is 0.888. The van der Waals surface area contributed by atoms with Crippen LogP contribution in [0.2, 0.25) is 0 Å². The molecule has 0 aromatic carbocycles. The van der Waals surface area contributed by atoms with Gasteiger partial charge in [-0.2, -0.15) is 0 Å². The van der Waals surface area contributed by atoms with Crippen molar-refractivity contribution < 1.29 is 25.5 Å². The predicted octanol–water partition coefficient (Wildman–Crippen LogP) is -3.01. The second kappa shape index (κ2) is 6.25. The van der Waals surface area contributed by atoms with Crippen molar-refractivity contribution in [1.82, 2.24) is 5.32 Å². The van der Waals surface area contributed by atoms with E-state index in [1.807, 2.05) is 0 Å². The van der Waals surface area contributed by atoms with E-state index in [1.54, 1.807) is 0 Å². The summed E-state index contributed by atoms with van der Waals surface area (Å²) in [5, 5.41) is 47.3. The smallest absolute Gasteiger partial charge is 0.133 e. The molecule has 0 fully saturated rings. The van der Waals surface area contributed by atoms with Gasteiger partial charge in [-0.15, -0.1) is 0 Å². The van der Waals surface area contributed by atoms with Gasteiger partial charge in [0.2, 0.25) is 0 Å².